The fraction of sp³-hybridized carbons (Fsp3) is 0.357. The molecule has 0 spiro atoms. The largest absolute Gasteiger partial charge is 0.493 e. The molecule has 0 aliphatic heterocycles. The van der Waals surface area contributed by atoms with Gasteiger partial charge in [0.05, 0.1) is 12.3 Å². The minimum absolute atomic E-state index is 0.319. The molecule has 2 heterocycles. The first-order valence-electron chi connectivity index (χ1n) is 11.9. The number of carboxylic acids is 1. The molecule has 0 aliphatic rings. The maximum Gasteiger partial charge on any atom is 0.333 e. The van der Waals surface area contributed by atoms with E-state index < -0.39 is 12.1 Å². The van der Waals surface area contributed by atoms with E-state index in [-0.39, 0.29) is 0 Å². The number of carboxylic acid groups (broad SMARTS) is 1. The first-order valence-corrected chi connectivity index (χ1v) is 12.8. The van der Waals surface area contributed by atoms with Crippen LogP contribution in [0.5, 0.6) is 5.75 Å². The molecular formula is C28H31NO5S. The summed E-state index contributed by atoms with van der Waals surface area (Å²) in [6, 6.07) is 14.2. The zero-order valence-corrected chi connectivity index (χ0v) is 21.4. The third kappa shape index (κ3) is 5.74. The molecule has 4 rings (SSSR count). The van der Waals surface area contributed by atoms with Crippen LogP contribution in [0.3, 0.4) is 0 Å². The molecule has 6 nitrogen and oxygen atoms in total. The standard InChI is InChI=1S/C28H31NO5S/c1-5-32-25(28(30)31)16-21-10-11-24(22-13-15-35-26(21)22)33-14-12-23-18(4)34-27(29-23)20-8-6-19(7-9-20)17(2)3/h6-11,13,15,17,25H,5,12,14,16H2,1-4H3,(H,30,31). The smallest absolute Gasteiger partial charge is 0.333 e. The highest BCUT2D eigenvalue weighted by atomic mass is 32.1. The molecule has 0 saturated heterocycles. The lowest BCUT2D eigenvalue weighted by Crippen LogP contribution is -2.26. The number of carbonyl (C=O) groups is 1. The van der Waals surface area contributed by atoms with Crippen molar-refractivity contribution in [3.8, 4) is 17.2 Å². The van der Waals surface area contributed by atoms with Crippen molar-refractivity contribution >= 4 is 27.4 Å². The van der Waals surface area contributed by atoms with Crippen molar-refractivity contribution in [2.45, 2.75) is 52.6 Å². The summed E-state index contributed by atoms with van der Waals surface area (Å²) in [5.41, 5.74) is 4.08. The van der Waals surface area contributed by atoms with Crippen LogP contribution in [-0.2, 0) is 22.4 Å². The molecule has 2 aromatic heterocycles. The van der Waals surface area contributed by atoms with Crippen LogP contribution in [0.25, 0.3) is 21.5 Å². The molecule has 184 valence electrons. The van der Waals surface area contributed by atoms with E-state index in [4.69, 9.17) is 18.9 Å². The summed E-state index contributed by atoms with van der Waals surface area (Å²) in [7, 11) is 0. The van der Waals surface area contributed by atoms with E-state index in [1.165, 1.54) is 5.56 Å². The van der Waals surface area contributed by atoms with Crippen molar-refractivity contribution in [3.63, 3.8) is 0 Å². The third-order valence-corrected chi connectivity index (χ3v) is 7.01. The van der Waals surface area contributed by atoms with E-state index in [0.717, 1.165) is 38.4 Å². The minimum Gasteiger partial charge on any atom is -0.493 e. The second-order valence-corrected chi connectivity index (χ2v) is 9.69. The first kappa shape index (κ1) is 24.9. The molecule has 0 radical (unpaired) electrons. The van der Waals surface area contributed by atoms with E-state index in [1.807, 2.05) is 30.5 Å². The van der Waals surface area contributed by atoms with Crippen molar-refractivity contribution in [1.82, 2.24) is 4.98 Å². The molecule has 2 aromatic carbocycles. The maximum atomic E-state index is 11.5. The first-order chi connectivity index (χ1) is 16.9. The van der Waals surface area contributed by atoms with Crippen molar-refractivity contribution < 1.29 is 23.8 Å². The van der Waals surface area contributed by atoms with Crippen molar-refractivity contribution in [2.24, 2.45) is 0 Å². The normalized spacial score (nSPS) is 12.4. The zero-order valence-electron chi connectivity index (χ0n) is 20.5. The predicted octanol–water partition coefficient (Wildman–Crippen LogP) is 6.64. The topological polar surface area (TPSA) is 81.8 Å². The molecule has 0 fully saturated rings. The number of aryl methyl sites for hydroxylation is 1. The molecular weight excluding hydrogens is 462 g/mol. The van der Waals surface area contributed by atoms with Gasteiger partial charge in [0.25, 0.3) is 0 Å². The molecule has 35 heavy (non-hydrogen) atoms. The lowest BCUT2D eigenvalue weighted by atomic mass is 10.0. The molecule has 0 saturated carbocycles. The van der Waals surface area contributed by atoms with Gasteiger partial charge < -0.3 is 19.0 Å². The van der Waals surface area contributed by atoms with E-state index in [1.54, 1.807) is 18.3 Å². The SMILES string of the molecule is CCOC(Cc1ccc(OCCc2nc(-c3ccc(C(C)C)cc3)oc2C)c2ccsc12)C(=O)O. The van der Waals surface area contributed by atoms with Gasteiger partial charge in [0, 0.05) is 35.1 Å². The number of nitrogens with zero attached hydrogens (tertiary/aromatic N) is 1. The Balaban J connectivity index is 1.43. The molecule has 1 unspecified atom stereocenters. The number of aromatic nitrogens is 1. The van der Waals surface area contributed by atoms with Gasteiger partial charge in [-0.15, -0.1) is 11.3 Å². The van der Waals surface area contributed by atoms with E-state index in [9.17, 15) is 9.90 Å². The summed E-state index contributed by atoms with van der Waals surface area (Å²) < 4.78 is 18.5. The Labute approximate surface area is 209 Å². The molecule has 7 heteroatoms. The van der Waals surface area contributed by atoms with Crippen LogP contribution in [0.2, 0.25) is 0 Å². The number of fused-ring (bicyclic) bond motifs is 1. The van der Waals surface area contributed by atoms with Gasteiger partial charge in [0.2, 0.25) is 5.89 Å². The quantitative estimate of drug-likeness (QED) is 0.252. The summed E-state index contributed by atoms with van der Waals surface area (Å²) in [6.45, 7) is 8.90. The van der Waals surface area contributed by atoms with Crippen molar-refractivity contribution in [2.75, 3.05) is 13.2 Å². The van der Waals surface area contributed by atoms with Crippen LogP contribution in [-0.4, -0.2) is 35.4 Å². The maximum absolute atomic E-state index is 11.5. The Hall–Kier alpha value is -3.16. The van der Waals surface area contributed by atoms with Crippen LogP contribution < -0.4 is 4.74 Å². The summed E-state index contributed by atoms with van der Waals surface area (Å²) in [4.78, 5) is 16.2. The number of hydrogen-bond donors (Lipinski definition) is 1. The number of hydrogen-bond acceptors (Lipinski definition) is 6. The highest BCUT2D eigenvalue weighted by Crippen LogP contribution is 2.34. The summed E-state index contributed by atoms with van der Waals surface area (Å²) >= 11 is 1.58. The van der Waals surface area contributed by atoms with Crippen LogP contribution in [0.1, 0.15) is 49.3 Å². The van der Waals surface area contributed by atoms with E-state index in [0.29, 0.717) is 37.9 Å². The summed E-state index contributed by atoms with van der Waals surface area (Å²) in [5, 5.41) is 12.4. The molecule has 1 atom stereocenters. The van der Waals surface area contributed by atoms with Gasteiger partial charge in [0.1, 0.15) is 11.5 Å². The van der Waals surface area contributed by atoms with Crippen molar-refractivity contribution in [3.05, 3.63) is 70.4 Å². The van der Waals surface area contributed by atoms with Gasteiger partial charge in [-0.1, -0.05) is 32.0 Å². The Bertz CT molecular complexity index is 1290. The number of oxazole rings is 1. The van der Waals surface area contributed by atoms with Crippen LogP contribution in [0.4, 0.5) is 0 Å². The molecule has 0 aliphatic carbocycles. The van der Waals surface area contributed by atoms with Crippen LogP contribution in [0.15, 0.2) is 52.3 Å². The Kier molecular flexibility index (Phi) is 7.88. The Morgan fingerprint density at radius 2 is 1.91 bits per heavy atom. The average Bonchev–Trinajstić information content (AvgIpc) is 3.47. The summed E-state index contributed by atoms with van der Waals surface area (Å²) in [5.74, 6) is 1.73. The third-order valence-electron chi connectivity index (χ3n) is 6.02. The van der Waals surface area contributed by atoms with Crippen LogP contribution in [0, 0.1) is 6.92 Å². The monoisotopic (exact) mass is 493 g/mol. The number of benzene rings is 2. The van der Waals surface area contributed by atoms with Gasteiger partial charge in [-0.2, -0.15) is 0 Å². The second kappa shape index (κ2) is 11.1. The lowest BCUT2D eigenvalue weighted by Gasteiger charge is -2.14. The number of rotatable bonds is 11. The predicted molar refractivity (Wildman–Crippen MR) is 139 cm³/mol. The van der Waals surface area contributed by atoms with E-state index in [2.05, 4.69) is 38.1 Å². The van der Waals surface area contributed by atoms with Crippen LogP contribution >= 0.6 is 11.3 Å². The van der Waals surface area contributed by atoms with Gasteiger partial charge in [0.15, 0.2) is 6.10 Å². The van der Waals surface area contributed by atoms with Gasteiger partial charge >= 0.3 is 5.97 Å². The lowest BCUT2D eigenvalue weighted by molar-refractivity contribution is -0.149. The van der Waals surface area contributed by atoms with E-state index >= 15 is 0 Å². The average molecular weight is 494 g/mol. The van der Waals surface area contributed by atoms with Gasteiger partial charge in [-0.25, -0.2) is 9.78 Å². The second-order valence-electron chi connectivity index (χ2n) is 8.77. The Morgan fingerprint density at radius 3 is 2.60 bits per heavy atom. The Morgan fingerprint density at radius 1 is 1.14 bits per heavy atom. The molecule has 0 bridgehead atoms. The zero-order chi connectivity index (χ0) is 24.9. The number of thiophene rings is 1. The van der Waals surface area contributed by atoms with Crippen molar-refractivity contribution in [1.29, 1.82) is 0 Å². The number of ether oxygens (including phenoxy) is 2. The minimum atomic E-state index is -0.949. The fourth-order valence-corrected chi connectivity index (χ4v) is 4.99. The highest BCUT2D eigenvalue weighted by Gasteiger charge is 2.20. The number of aliphatic carboxylic acids is 1. The molecule has 1 N–H and O–H groups in total. The summed E-state index contributed by atoms with van der Waals surface area (Å²) in [6.07, 6.45) is 0.0839. The van der Waals surface area contributed by atoms with Gasteiger partial charge in [-0.3, -0.25) is 0 Å². The highest BCUT2D eigenvalue weighted by molar-refractivity contribution is 7.17. The molecule has 4 aromatic rings. The fourth-order valence-electron chi connectivity index (χ4n) is 4.05. The molecule has 0 amide bonds. The van der Waals surface area contributed by atoms with Gasteiger partial charge in [-0.05, 0) is 60.5 Å².